The normalized spacial score (nSPS) is 19.4. The van der Waals surface area contributed by atoms with Gasteiger partial charge in [-0.05, 0) is 43.3 Å². The van der Waals surface area contributed by atoms with Crippen LogP contribution >= 0.6 is 46.5 Å². The number of hydrazine groups is 1. The van der Waals surface area contributed by atoms with Gasteiger partial charge in [-0.25, -0.2) is 9.99 Å². The zero-order valence-electron chi connectivity index (χ0n) is 14.8. The molecule has 5 nitrogen and oxygen atoms in total. The van der Waals surface area contributed by atoms with Gasteiger partial charge in [-0.15, -0.1) is 23.1 Å². The van der Waals surface area contributed by atoms with Gasteiger partial charge in [-0.1, -0.05) is 35.5 Å². The van der Waals surface area contributed by atoms with E-state index < -0.39 is 4.87 Å². The molecular weight excluding hydrogens is 434 g/mol. The Labute approximate surface area is 179 Å². The molecule has 2 amide bonds. The van der Waals surface area contributed by atoms with Crippen molar-refractivity contribution in [3.8, 4) is 0 Å². The van der Waals surface area contributed by atoms with Crippen LogP contribution in [0, 0.1) is 0 Å². The fourth-order valence-corrected chi connectivity index (χ4v) is 6.31. The number of nitrogens with one attached hydrogen (secondary N) is 1. The van der Waals surface area contributed by atoms with E-state index in [0.717, 1.165) is 14.6 Å². The number of hydrogen-bond donors (Lipinski definition) is 1. The molecule has 4 rings (SSSR count). The number of thiazole rings is 1. The average Bonchev–Trinajstić information content (AvgIpc) is 3.23. The van der Waals surface area contributed by atoms with E-state index in [1.54, 1.807) is 47.4 Å². The van der Waals surface area contributed by atoms with Crippen LogP contribution < -0.4 is 5.43 Å². The van der Waals surface area contributed by atoms with Gasteiger partial charge in [0.05, 0.1) is 16.0 Å². The molecule has 1 aromatic heterocycles. The highest BCUT2D eigenvalue weighted by Gasteiger charge is 2.44. The van der Waals surface area contributed by atoms with Gasteiger partial charge in [0, 0.05) is 16.3 Å². The molecule has 0 spiro atoms. The van der Waals surface area contributed by atoms with Crippen molar-refractivity contribution in [1.29, 1.82) is 0 Å². The highest BCUT2D eigenvalue weighted by Crippen LogP contribution is 2.40. The Hall–Kier alpha value is -1.74. The molecule has 0 bridgehead atoms. The standard InChI is InChI=1S/C19H16ClN3O2S3/c1-19(11-26-18-21-14-4-2-3-5-15(14)28-18)23(16(24)10-27-19)22-17(25)12-6-8-13(20)9-7-12/h2-9H,10-11H2,1H3,(H,22,25). The van der Waals surface area contributed by atoms with Gasteiger partial charge in [-0.3, -0.25) is 15.0 Å². The second kappa shape index (κ2) is 7.94. The zero-order valence-corrected chi connectivity index (χ0v) is 18.1. The smallest absolute Gasteiger partial charge is 0.269 e. The summed E-state index contributed by atoms with van der Waals surface area (Å²) in [6.45, 7) is 1.96. The second-order valence-corrected chi connectivity index (χ2v) is 10.5. The van der Waals surface area contributed by atoms with Gasteiger partial charge in [0.1, 0.15) is 4.87 Å². The molecular formula is C19H16ClN3O2S3. The molecule has 1 fully saturated rings. The molecule has 2 heterocycles. The van der Waals surface area contributed by atoms with Gasteiger partial charge in [0.2, 0.25) is 0 Å². The fraction of sp³-hybridized carbons (Fsp3) is 0.211. The number of nitrogens with zero attached hydrogens (tertiary/aromatic N) is 2. The maximum absolute atomic E-state index is 12.6. The number of amides is 2. The summed E-state index contributed by atoms with van der Waals surface area (Å²) in [5, 5.41) is 2.01. The maximum atomic E-state index is 12.6. The number of rotatable bonds is 5. The van der Waals surface area contributed by atoms with Crippen LogP contribution in [0.1, 0.15) is 17.3 Å². The van der Waals surface area contributed by atoms with E-state index in [2.05, 4.69) is 10.4 Å². The molecule has 1 aliphatic heterocycles. The molecule has 28 heavy (non-hydrogen) atoms. The van der Waals surface area contributed by atoms with Crippen LogP contribution in [0.5, 0.6) is 0 Å². The summed E-state index contributed by atoms with van der Waals surface area (Å²) >= 11 is 10.6. The van der Waals surface area contributed by atoms with Crippen LogP contribution in [0.15, 0.2) is 52.9 Å². The number of aromatic nitrogens is 1. The Morgan fingerprint density at radius 1 is 1.29 bits per heavy atom. The molecule has 2 aromatic carbocycles. The lowest BCUT2D eigenvalue weighted by molar-refractivity contribution is -0.132. The minimum atomic E-state index is -0.554. The quantitative estimate of drug-likeness (QED) is 0.573. The van der Waals surface area contributed by atoms with Gasteiger partial charge >= 0.3 is 0 Å². The molecule has 144 valence electrons. The first-order chi connectivity index (χ1) is 13.4. The summed E-state index contributed by atoms with van der Waals surface area (Å²) in [5.74, 6) is 0.505. The summed E-state index contributed by atoms with van der Waals surface area (Å²) in [5.41, 5.74) is 4.20. The highest BCUT2D eigenvalue weighted by atomic mass is 35.5. The Morgan fingerprint density at radius 2 is 2.04 bits per heavy atom. The molecule has 9 heteroatoms. The van der Waals surface area contributed by atoms with Crippen molar-refractivity contribution in [2.45, 2.75) is 16.1 Å². The molecule has 1 aliphatic rings. The molecule has 0 saturated carbocycles. The van der Waals surface area contributed by atoms with E-state index in [0.29, 0.717) is 22.1 Å². The van der Waals surface area contributed by atoms with Crippen LogP contribution in [-0.4, -0.2) is 38.2 Å². The predicted molar refractivity (Wildman–Crippen MR) is 117 cm³/mol. The zero-order chi connectivity index (χ0) is 19.7. The van der Waals surface area contributed by atoms with Crippen LogP contribution in [-0.2, 0) is 4.79 Å². The number of carbonyl (C=O) groups excluding carboxylic acids is 2. The summed E-state index contributed by atoms with van der Waals surface area (Å²) in [4.78, 5) is 29.1. The number of para-hydroxylation sites is 1. The van der Waals surface area contributed by atoms with E-state index in [1.807, 2.05) is 31.2 Å². The van der Waals surface area contributed by atoms with Crippen molar-refractivity contribution in [3.63, 3.8) is 0 Å². The molecule has 0 aliphatic carbocycles. The molecule has 3 aromatic rings. The molecule has 1 atom stereocenters. The third-order valence-electron chi connectivity index (χ3n) is 4.29. The highest BCUT2D eigenvalue weighted by molar-refractivity contribution is 8.05. The summed E-state index contributed by atoms with van der Waals surface area (Å²) < 4.78 is 2.09. The number of fused-ring (bicyclic) bond motifs is 1. The first-order valence-electron chi connectivity index (χ1n) is 8.46. The van der Waals surface area contributed by atoms with E-state index in [9.17, 15) is 9.59 Å². The van der Waals surface area contributed by atoms with Gasteiger partial charge in [0.25, 0.3) is 11.8 Å². The first kappa shape index (κ1) is 19.6. The first-order valence-corrected chi connectivity index (χ1v) is 11.6. The number of halogens is 1. The van der Waals surface area contributed by atoms with E-state index >= 15 is 0 Å². The lowest BCUT2D eigenvalue weighted by Crippen LogP contribution is -2.54. The summed E-state index contributed by atoms with van der Waals surface area (Å²) in [6.07, 6.45) is 0. The summed E-state index contributed by atoms with van der Waals surface area (Å²) in [6, 6.07) is 14.6. The number of carbonyl (C=O) groups is 2. The average molecular weight is 450 g/mol. The van der Waals surface area contributed by atoms with Crippen LogP contribution in [0.4, 0.5) is 0 Å². The molecule has 1 N–H and O–H groups in total. The number of benzene rings is 2. The minimum absolute atomic E-state index is 0.111. The molecule has 0 radical (unpaired) electrons. The van der Waals surface area contributed by atoms with Gasteiger partial charge in [-0.2, -0.15) is 0 Å². The van der Waals surface area contributed by atoms with Crippen molar-refractivity contribution in [3.05, 3.63) is 59.1 Å². The second-order valence-electron chi connectivity index (χ2n) is 6.38. The lowest BCUT2D eigenvalue weighted by Gasteiger charge is -2.33. The van der Waals surface area contributed by atoms with Gasteiger partial charge in [0.15, 0.2) is 4.34 Å². The minimum Gasteiger partial charge on any atom is -0.272 e. The SMILES string of the molecule is CC1(CSc2nc3ccccc3s2)SCC(=O)N1NC(=O)c1ccc(Cl)cc1. The Morgan fingerprint density at radius 3 is 2.79 bits per heavy atom. The van der Waals surface area contributed by atoms with Crippen molar-refractivity contribution in [1.82, 2.24) is 15.4 Å². The van der Waals surface area contributed by atoms with Crippen LogP contribution in [0.2, 0.25) is 5.02 Å². The molecule has 1 unspecified atom stereocenters. The lowest BCUT2D eigenvalue weighted by atomic mass is 10.2. The van der Waals surface area contributed by atoms with Gasteiger partial charge < -0.3 is 0 Å². The summed E-state index contributed by atoms with van der Waals surface area (Å²) in [7, 11) is 0. The third kappa shape index (κ3) is 4.00. The van der Waals surface area contributed by atoms with Crippen molar-refractivity contribution < 1.29 is 9.59 Å². The van der Waals surface area contributed by atoms with Crippen LogP contribution in [0.25, 0.3) is 10.2 Å². The Bertz CT molecular complexity index is 1010. The fourth-order valence-electron chi connectivity index (χ4n) is 2.77. The van der Waals surface area contributed by atoms with Crippen LogP contribution in [0.3, 0.4) is 0 Å². The van der Waals surface area contributed by atoms with Crippen molar-refractivity contribution in [2.24, 2.45) is 0 Å². The van der Waals surface area contributed by atoms with Crippen molar-refractivity contribution >= 4 is 68.5 Å². The maximum Gasteiger partial charge on any atom is 0.269 e. The topological polar surface area (TPSA) is 62.3 Å². The monoisotopic (exact) mass is 449 g/mol. The third-order valence-corrected chi connectivity index (χ3v) is 8.54. The van der Waals surface area contributed by atoms with E-state index in [-0.39, 0.29) is 11.8 Å². The predicted octanol–water partition coefficient (Wildman–Crippen LogP) is 4.68. The Balaban J connectivity index is 1.47. The van der Waals surface area contributed by atoms with E-state index in [4.69, 9.17) is 11.6 Å². The molecule has 1 saturated heterocycles. The number of thioether (sulfide) groups is 2. The van der Waals surface area contributed by atoms with E-state index in [1.165, 1.54) is 16.8 Å². The Kier molecular flexibility index (Phi) is 5.55. The largest absolute Gasteiger partial charge is 0.272 e. The number of hydrogen-bond acceptors (Lipinski definition) is 6. The van der Waals surface area contributed by atoms with Crippen molar-refractivity contribution in [2.75, 3.05) is 11.5 Å².